The number of halogens is 3. The SMILES string of the molecule is Cn1cc(C(O)CNCc2ccc(OC(F)F)c(F)c2)cn1. The zero-order valence-electron chi connectivity index (χ0n) is 11.8. The molecule has 2 rings (SSSR count). The van der Waals surface area contributed by atoms with Crippen LogP contribution in [0.5, 0.6) is 5.75 Å². The summed E-state index contributed by atoms with van der Waals surface area (Å²) in [5.41, 5.74) is 1.22. The van der Waals surface area contributed by atoms with Gasteiger partial charge in [-0.1, -0.05) is 6.07 Å². The molecular formula is C14H16F3N3O2. The normalized spacial score (nSPS) is 12.6. The van der Waals surface area contributed by atoms with E-state index in [4.69, 9.17) is 0 Å². The number of aromatic nitrogens is 2. The Kier molecular flexibility index (Phi) is 5.40. The van der Waals surface area contributed by atoms with Crippen LogP contribution in [-0.2, 0) is 13.6 Å². The average molecular weight is 315 g/mol. The van der Waals surface area contributed by atoms with E-state index in [9.17, 15) is 18.3 Å². The van der Waals surface area contributed by atoms with Gasteiger partial charge in [-0.3, -0.25) is 4.68 Å². The van der Waals surface area contributed by atoms with E-state index in [1.54, 1.807) is 24.1 Å². The number of aryl methyl sites for hydroxylation is 1. The highest BCUT2D eigenvalue weighted by Gasteiger charge is 2.11. The number of benzene rings is 1. The van der Waals surface area contributed by atoms with Crippen molar-refractivity contribution in [1.29, 1.82) is 0 Å². The number of rotatable bonds is 7. The third kappa shape index (κ3) is 4.47. The number of nitrogens with one attached hydrogen (secondary N) is 1. The Morgan fingerprint density at radius 1 is 1.41 bits per heavy atom. The molecule has 2 N–H and O–H groups in total. The molecular weight excluding hydrogens is 299 g/mol. The first-order valence-electron chi connectivity index (χ1n) is 6.56. The highest BCUT2D eigenvalue weighted by Crippen LogP contribution is 2.20. The smallest absolute Gasteiger partial charge is 0.387 e. The summed E-state index contributed by atoms with van der Waals surface area (Å²) in [7, 11) is 1.75. The predicted molar refractivity (Wildman–Crippen MR) is 72.9 cm³/mol. The van der Waals surface area contributed by atoms with Crippen molar-refractivity contribution in [3.05, 3.63) is 47.5 Å². The van der Waals surface area contributed by atoms with Crippen molar-refractivity contribution in [3.8, 4) is 5.75 Å². The quantitative estimate of drug-likeness (QED) is 0.820. The largest absolute Gasteiger partial charge is 0.432 e. The van der Waals surface area contributed by atoms with Gasteiger partial charge in [-0.2, -0.15) is 13.9 Å². The van der Waals surface area contributed by atoms with Crippen LogP contribution in [0.25, 0.3) is 0 Å². The summed E-state index contributed by atoms with van der Waals surface area (Å²) in [5, 5.41) is 16.8. The van der Waals surface area contributed by atoms with Crippen molar-refractivity contribution in [2.45, 2.75) is 19.3 Å². The molecule has 22 heavy (non-hydrogen) atoms. The fourth-order valence-corrected chi connectivity index (χ4v) is 1.93. The Labute approximate surface area is 125 Å². The Hall–Kier alpha value is -2.06. The second-order valence-corrected chi connectivity index (χ2v) is 4.74. The molecule has 0 saturated carbocycles. The molecule has 0 aliphatic rings. The van der Waals surface area contributed by atoms with Gasteiger partial charge in [-0.15, -0.1) is 0 Å². The van der Waals surface area contributed by atoms with Crippen LogP contribution >= 0.6 is 0 Å². The van der Waals surface area contributed by atoms with E-state index in [-0.39, 0.29) is 13.1 Å². The molecule has 120 valence electrons. The fourth-order valence-electron chi connectivity index (χ4n) is 1.93. The van der Waals surface area contributed by atoms with Crippen LogP contribution in [-0.4, -0.2) is 28.0 Å². The summed E-state index contributed by atoms with van der Waals surface area (Å²) in [6, 6.07) is 3.74. The topological polar surface area (TPSA) is 59.3 Å². The Morgan fingerprint density at radius 2 is 2.18 bits per heavy atom. The average Bonchev–Trinajstić information content (AvgIpc) is 2.88. The van der Waals surface area contributed by atoms with E-state index < -0.39 is 24.3 Å². The van der Waals surface area contributed by atoms with E-state index >= 15 is 0 Å². The molecule has 0 saturated heterocycles. The van der Waals surface area contributed by atoms with Gasteiger partial charge < -0.3 is 15.2 Å². The molecule has 0 aliphatic carbocycles. The lowest BCUT2D eigenvalue weighted by molar-refractivity contribution is -0.0522. The van der Waals surface area contributed by atoms with Crippen molar-refractivity contribution in [1.82, 2.24) is 15.1 Å². The summed E-state index contributed by atoms with van der Waals surface area (Å²) in [6.45, 7) is -2.53. The summed E-state index contributed by atoms with van der Waals surface area (Å²) in [6.07, 6.45) is 2.52. The van der Waals surface area contributed by atoms with Crippen LogP contribution in [0.3, 0.4) is 0 Å². The van der Waals surface area contributed by atoms with E-state index in [2.05, 4.69) is 15.2 Å². The summed E-state index contributed by atoms with van der Waals surface area (Å²) >= 11 is 0. The van der Waals surface area contributed by atoms with Crippen molar-refractivity contribution in [3.63, 3.8) is 0 Å². The zero-order valence-corrected chi connectivity index (χ0v) is 11.8. The van der Waals surface area contributed by atoms with E-state index in [0.717, 1.165) is 12.1 Å². The minimum absolute atomic E-state index is 0.253. The van der Waals surface area contributed by atoms with E-state index in [1.165, 1.54) is 6.07 Å². The number of alkyl halides is 2. The van der Waals surface area contributed by atoms with Crippen LogP contribution in [0.15, 0.2) is 30.6 Å². The van der Waals surface area contributed by atoms with Crippen LogP contribution in [0, 0.1) is 5.82 Å². The first kappa shape index (κ1) is 16.3. The Morgan fingerprint density at radius 3 is 2.77 bits per heavy atom. The first-order chi connectivity index (χ1) is 10.5. The molecule has 2 aromatic rings. The molecule has 0 spiro atoms. The van der Waals surface area contributed by atoms with Gasteiger partial charge in [-0.05, 0) is 17.7 Å². The van der Waals surface area contributed by atoms with Gasteiger partial charge in [0.15, 0.2) is 11.6 Å². The van der Waals surface area contributed by atoms with Crippen molar-refractivity contribution in [2.75, 3.05) is 6.54 Å². The standard InChI is InChI=1S/C14H16F3N3O2/c1-20-8-10(6-19-20)12(21)7-18-5-9-2-3-13(11(15)4-9)22-14(16)17/h2-4,6,8,12,14,18,21H,5,7H2,1H3. The van der Waals surface area contributed by atoms with Gasteiger partial charge in [0.25, 0.3) is 0 Å². The number of hydrogen-bond acceptors (Lipinski definition) is 4. The van der Waals surface area contributed by atoms with Crippen LogP contribution in [0.2, 0.25) is 0 Å². The highest BCUT2D eigenvalue weighted by atomic mass is 19.3. The molecule has 1 aromatic heterocycles. The number of ether oxygens (including phenoxy) is 1. The second kappa shape index (κ2) is 7.28. The summed E-state index contributed by atoms with van der Waals surface area (Å²) in [5.74, 6) is -1.35. The lowest BCUT2D eigenvalue weighted by atomic mass is 10.2. The minimum Gasteiger partial charge on any atom is -0.432 e. The molecule has 1 unspecified atom stereocenters. The zero-order chi connectivity index (χ0) is 16.1. The van der Waals surface area contributed by atoms with Gasteiger partial charge in [0.1, 0.15) is 0 Å². The number of aliphatic hydroxyl groups is 1. The van der Waals surface area contributed by atoms with Crippen molar-refractivity contribution in [2.24, 2.45) is 7.05 Å². The molecule has 0 radical (unpaired) electrons. The molecule has 1 atom stereocenters. The second-order valence-electron chi connectivity index (χ2n) is 4.74. The molecule has 1 aromatic carbocycles. The molecule has 5 nitrogen and oxygen atoms in total. The van der Waals surface area contributed by atoms with E-state index in [0.29, 0.717) is 11.1 Å². The number of aliphatic hydroxyl groups excluding tert-OH is 1. The van der Waals surface area contributed by atoms with Crippen LogP contribution in [0.4, 0.5) is 13.2 Å². The maximum Gasteiger partial charge on any atom is 0.387 e. The summed E-state index contributed by atoms with van der Waals surface area (Å²) < 4.78 is 43.2. The van der Waals surface area contributed by atoms with Gasteiger partial charge >= 0.3 is 6.61 Å². The van der Waals surface area contributed by atoms with Crippen LogP contribution < -0.4 is 10.1 Å². The molecule has 8 heteroatoms. The molecule has 0 amide bonds. The van der Waals surface area contributed by atoms with Crippen molar-refractivity contribution < 1.29 is 23.0 Å². The first-order valence-corrected chi connectivity index (χ1v) is 6.56. The monoisotopic (exact) mass is 315 g/mol. The molecule has 1 heterocycles. The lowest BCUT2D eigenvalue weighted by Crippen LogP contribution is -2.21. The predicted octanol–water partition coefficient (Wildman–Crippen LogP) is 1.98. The van der Waals surface area contributed by atoms with E-state index in [1.807, 2.05) is 0 Å². The van der Waals surface area contributed by atoms with Crippen LogP contribution in [0.1, 0.15) is 17.2 Å². The maximum absolute atomic E-state index is 13.5. The third-order valence-corrected chi connectivity index (χ3v) is 2.99. The maximum atomic E-state index is 13.5. The summed E-state index contributed by atoms with van der Waals surface area (Å²) in [4.78, 5) is 0. The Bertz CT molecular complexity index is 619. The van der Waals surface area contributed by atoms with Crippen molar-refractivity contribution >= 4 is 0 Å². The number of hydrogen-bond donors (Lipinski definition) is 2. The Balaban J connectivity index is 1.85. The van der Waals surface area contributed by atoms with Gasteiger partial charge in [0, 0.05) is 31.9 Å². The fraction of sp³-hybridized carbons (Fsp3) is 0.357. The molecule has 0 aliphatic heterocycles. The van der Waals surface area contributed by atoms with Gasteiger partial charge in [-0.25, -0.2) is 4.39 Å². The van der Waals surface area contributed by atoms with Gasteiger partial charge in [0.05, 0.1) is 12.3 Å². The highest BCUT2D eigenvalue weighted by molar-refractivity contribution is 5.29. The van der Waals surface area contributed by atoms with Gasteiger partial charge in [0.2, 0.25) is 0 Å². The molecule has 0 fully saturated rings. The minimum atomic E-state index is -3.06. The lowest BCUT2D eigenvalue weighted by Gasteiger charge is -2.11. The third-order valence-electron chi connectivity index (χ3n) is 2.99. The molecule has 0 bridgehead atoms. The number of nitrogens with zero attached hydrogens (tertiary/aromatic N) is 2.